The van der Waals surface area contributed by atoms with Gasteiger partial charge < -0.3 is 14.2 Å². The van der Waals surface area contributed by atoms with Gasteiger partial charge in [-0.15, -0.1) is 0 Å². The van der Waals surface area contributed by atoms with Crippen LogP contribution in [-0.4, -0.2) is 17.8 Å². The van der Waals surface area contributed by atoms with Crippen LogP contribution >= 0.6 is 12.2 Å². The van der Waals surface area contributed by atoms with Crippen molar-refractivity contribution in [3.8, 4) is 11.5 Å². The molecule has 0 aliphatic rings. The molecule has 134 valence electrons. The molecule has 0 aliphatic carbocycles. The first-order valence-electron chi connectivity index (χ1n) is 8.69. The summed E-state index contributed by atoms with van der Waals surface area (Å²) in [7, 11) is 0. The SMILES string of the molecule is CCOC(=S)C(C)Oc1ccc2ccc(OCc3ccccc3)cc2c1. The number of hydrogen-bond donors (Lipinski definition) is 0. The van der Waals surface area contributed by atoms with Gasteiger partial charge in [-0.05, 0) is 66.7 Å². The molecule has 3 aromatic carbocycles. The number of ether oxygens (including phenoxy) is 3. The van der Waals surface area contributed by atoms with E-state index in [1.165, 1.54) is 0 Å². The minimum atomic E-state index is -0.278. The Hall–Kier alpha value is -2.59. The lowest BCUT2D eigenvalue weighted by atomic mass is 10.1. The first-order chi connectivity index (χ1) is 12.7. The summed E-state index contributed by atoms with van der Waals surface area (Å²) in [6.07, 6.45) is -0.278. The van der Waals surface area contributed by atoms with Crippen LogP contribution in [0.2, 0.25) is 0 Å². The highest BCUT2D eigenvalue weighted by Gasteiger charge is 2.11. The molecule has 0 heterocycles. The van der Waals surface area contributed by atoms with Crippen LogP contribution in [0.1, 0.15) is 19.4 Å². The van der Waals surface area contributed by atoms with Gasteiger partial charge in [0.1, 0.15) is 18.1 Å². The number of fused-ring (bicyclic) bond motifs is 1. The van der Waals surface area contributed by atoms with E-state index in [2.05, 4.69) is 12.1 Å². The largest absolute Gasteiger partial charge is 0.489 e. The third-order valence-electron chi connectivity index (χ3n) is 3.96. The third-order valence-corrected chi connectivity index (χ3v) is 4.41. The monoisotopic (exact) mass is 366 g/mol. The maximum Gasteiger partial charge on any atom is 0.200 e. The summed E-state index contributed by atoms with van der Waals surface area (Å²) in [4.78, 5) is 0. The summed E-state index contributed by atoms with van der Waals surface area (Å²) in [5.74, 6) is 1.59. The lowest BCUT2D eigenvalue weighted by Crippen LogP contribution is -2.24. The molecule has 0 aromatic heterocycles. The second kappa shape index (κ2) is 8.68. The predicted octanol–water partition coefficient (Wildman–Crippen LogP) is 5.55. The lowest BCUT2D eigenvalue weighted by Gasteiger charge is -2.16. The molecule has 1 unspecified atom stereocenters. The minimum absolute atomic E-state index is 0.278. The molecule has 0 bridgehead atoms. The average molecular weight is 366 g/mol. The number of rotatable bonds is 7. The Morgan fingerprint density at radius 3 is 2.35 bits per heavy atom. The molecule has 0 amide bonds. The maximum atomic E-state index is 5.91. The van der Waals surface area contributed by atoms with Crippen LogP contribution in [0.15, 0.2) is 66.7 Å². The molecule has 0 fully saturated rings. The Morgan fingerprint density at radius 1 is 0.923 bits per heavy atom. The lowest BCUT2D eigenvalue weighted by molar-refractivity contribution is 0.230. The van der Waals surface area contributed by atoms with E-state index >= 15 is 0 Å². The second-order valence-corrected chi connectivity index (χ2v) is 6.36. The smallest absolute Gasteiger partial charge is 0.200 e. The van der Waals surface area contributed by atoms with E-state index in [4.69, 9.17) is 26.4 Å². The van der Waals surface area contributed by atoms with Crippen molar-refractivity contribution in [2.24, 2.45) is 0 Å². The molecule has 4 heteroatoms. The van der Waals surface area contributed by atoms with E-state index in [1.807, 2.05) is 68.4 Å². The summed E-state index contributed by atoms with van der Waals surface area (Å²) in [6, 6.07) is 22.1. The van der Waals surface area contributed by atoms with Gasteiger partial charge in [0, 0.05) is 0 Å². The summed E-state index contributed by atoms with van der Waals surface area (Å²) in [6.45, 7) is 4.89. The van der Waals surface area contributed by atoms with Crippen molar-refractivity contribution in [2.45, 2.75) is 26.6 Å². The third kappa shape index (κ3) is 4.73. The first kappa shape index (κ1) is 18.2. The zero-order valence-corrected chi connectivity index (χ0v) is 15.8. The number of hydrogen-bond acceptors (Lipinski definition) is 4. The van der Waals surface area contributed by atoms with Crippen LogP contribution in [0, 0.1) is 0 Å². The van der Waals surface area contributed by atoms with Crippen molar-refractivity contribution in [3.63, 3.8) is 0 Å². The number of thiocarbonyl (C=S) groups is 1. The molecule has 3 nitrogen and oxygen atoms in total. The fourth-order valence-corrected chi connectivity index (χ4v) is 2.78. The summed E-state index contributed by atoms with van der Waals surface area (Å²) < 4.78 is 17.2. The molecule has 0 saturated heterocycles. The van der Waals surface area contributed by atoms with Crippen molar-refractivity contribution < 1.29 is 14.2 Å². The van der Waals surface area contributed by atoms with Crippen LogP contribution in [0.4, 0.5) is 0 Å². The van der Waals surface area contributed by atoms with Crippen molar-refractivity contribution in [1.29, 1.82) is 0 Å². The van der Waals surface area contributed by atoms with Crippen LogP contribution in [0.3, 0.4) is 0 Å². The fraction of sp³-hybridized carbons (Fsp3) is 0.227. The van der Waals surface area contributed by atoms with Gasteiger partial charge in [-0.1, -0.05) is 42.5 Å². The highest BCUT2D eigenvalue weighted by molar-refractivity contribution is 7.80. The van der Waals surface area contributed by atoms with Crippen molar-refractivity contribution in [1.82, 2.24) is 0 Å². The highest BCUT2D eigenvalue weighted by atomic mass is 32.1. The van der Waals surface area contributed by atoms with Crippen LogP contribution in [0.25, 0.3) is 10.8 Å². The van der Waals surface area contributed by atoms with E-state index in [0.29, 0.717) is 18.3 Å². The standard InChI is InChI=1S/C22H22O3S/c1-3-23-22(26)16(2)25-21-12-10-18-9-11-20(13-19(18)14-21)24-15-17-7-5-4-6-8-17/h4-14,16H,3,15H2,1-2H3. The van der Waals surface area contributed by atoms with E-state index in [0.717, 1.165) is 27.8 Å². The first-order valence-corrected chi connectivity index (χ1v) is 9.10. The van der Waals surface area contributed by atoms with E-state index in [-0.39, 0.29) is 6.10 Å². The molecule has 3 rings (SSSR count). The van der Waals surface area contributed by atoms with E-state index in [1.54, 1.807) is 0 Å². The zero-order valence-electron chi connectivity index (χ0n) is 15.0. The topological polar surface area (TPSA) is 27.7 Å². The average Bonchev–Trinajstić information content (AvgIpc) is 2.67. The van der Waals surface area contributed by atoms with E-state index < -0.39 is 0 Å². The van der Waals surface area contributed by atoms with Crippen LogP contribution < -0.4 is 9.47 Å². The van der Waals surface area contributed by atoms with Crippen molar-refractivity contribution in [2.75, 3.05) is 6.61 Å². The minimum Gasteiger partial charge on any atom is -0.489 e. The van der Waals surface area contributed by atoms with Crippen molar-refractivity contribution in [3.05, 3.63) is 72.3 Å². The summed E-state index contributed by atoms with van der Waals surface area (Å²) in [5, 5.41) is 2.65. The van der Waals surface area contributed by atoms with Gasteiger partial charge in [0.05, 0.1) is 6.61 Å². The van der Waals surface area contributed by atoms with Gasteiger partial charge in [-0.3, -0.25) is 0 Å². The zero-order chi connectivity index (χ0) is 18.4. The molecular formula is C22H22O3S. The van der Waals surface area contributed by atoms with Crippen molar-refractivity contribution >= 4 is 28.0 Å². The molecule has 0 radical (unpaired) electrons. The maximum absolute atomic E-state index is 5.91. The summed E-state index contributed by atoms with van der Waals surface area (Å²) >= 11 is 5.21. The van der Waals surface area contributed by atoms with E-state index in [9.17, 15) is 0 Å². The Labute approximate surface area is 159 Å². The normalized spacial score (nSPS) is 11.8. The molecule has 0 spiro atoms. The molecular weight excluding hydrogens is 344 g/mol. The fourth-order valence-electron chi connectivity index (χ4n) is 2.62. The molecule has 0 saturated carbocycles. The Bertz CT molecular complexity index is 877. The van der Waals surface area contributed by atoms with Gasteiger partial charge in [0.15, 0.2) is 6.10 Å². The highest BCUT2D eigenvalue weighted by Crippen LogP contribution is 2.26. The van der Waals surface area contributed by atoms with Crippen LogP contribution in [-0.2, 0) is 11.3 Å². The van der Waals surface area contributed by atoms with Gasteiger partial charge >= 0.3 is 0 Å². The Balaban J connectivity index is 1.72. The molecule has 3 aromatic rings. The van der Waals surface area contributed by atoms with Gasteiger partial charge in [0.25, 0.3) is 0 Å². The van der Waals surface area contributed by atoms with Gasteiger partial charge in [-0.25, -0.2) is 0 Å². The Morgan fingerprint density at radius 2 is 1.62 bits per heavy atom. The van der Waals surface area contributed by atoms with Gasteiger partial charge in [0.2, 0.25) is 5.05 Å². The molecule has 0 N–H and O–H groups in total. The van der Waals surface area contributed by atoms with Gasteiger partial charge in [-0.2, -0.15) is 0 Å². The molecule has 1 atom stereocenters. The molecule has 0 aliphatic heterocycles. The number of benzene rings is 3. The quantitative estimate of drug-likeness (QED) is 0.512. The second-order valence-electron chi connectivity index (χ2n) is 5.96. The molecule has 26 heavy (non-hydrogen) atoms. The predicted molar refractivity (Wildman–Crippen MR) is 109 cm³/mol. The summed E-state index contributed by atoms with van der Waals surface area (Å²) in [5.41, 5.74) is 1.14. The Kier molecular flexibility index (Phi) is 6.08. The van der Waals surface area contributed by atoms with Crippen LogP contribution in [0.5, 0.6) is 11.5 Å².